The van der Waals surface area contributed by atoms with E-state index >= 15 is 0 Å². The van der Waals surface area contributed by atoms with E-state index in [-0.39, 0.29) is 23.0 Å². The summed E-state index contributed by atoms with van der Waals surface area (Å²) >= 11 is 0. The van der Waals surface area contributed by atoms with Gasteiger partial charge in [-0.25, -0.2) is 4.79 Å². The van der Waals surface area contributed by atoms with Crippen LogP contribution in [0.15, 0.2) is 90.3 Å². The summed E-state index contributed by atoms with van der Waals surface area (Å²) in [6.45, 7) is 4.02. The van der Waals surface area contributed by atoms with Gasteiger partial charge in [-0.2, -0.15) is 0 Å². The zero-order valence-corrected chi connectivity index (χ0v) is 22.1. The fourth-order valence-electron chi connectivity index (χ4n) is 5.75. The Kier molecular flexibility index (Phi) is 6.21. The SMILES string of the molecule is Cc1cc(-[s+]2ccc3ccccc32)cc(C)c1OCC(=O)OC1(c2ccc3ccccc3c2)CCCC1. The quantitative estimate of drug-likeness (QED) is 0.170. The van der Waals surface area contributed by atoms with E-state index in [0.717, 1.165) is 48.1 Å². The van der Waals surface area contributed by atoms with Crippen LogP contribution in [0.4, 0.5) is 0 Å². The monoisotopic (exact) mass is 507 g/mol. The Bertz CT molecular complexity index is 1580. The Morgan fingerprint density at radius 1 is 0.811 bits per heavy atom. The molecule has 0 saturated heterocycles. The van der Waals surface area contributed by atoms with Gasteiger partial charge in [-0.3, -0.25) is 0 Å². The minimum Gasteiger partial charge on any atom is -0.481 e. The second-order valence-corrected chi connectivity index (χ2v) is 11.9. The van der Waals surface area contributed by atoms with Crippen molar-refractivity contribution in [2.24, 2.45) is 0 Å². The first-order valence-corrected chi connectivity index (χ1v) is 14.3. The number of thiophene rings is 1. The number of benzene rings is 4. The molecule has 0 aliphatic heterocycles. The van der Waals surface area contributed by atoms with Gasteiger partial charge in [0.25, 0.3) is 0 Å². The van der Waals surface area contributed by atoms with E-state index in [1.165, 1.54) is 25.8 Å². The summed E-state index contributed by atoms with van der Waals surface area (Å²) in [7, 11) is -0.0754. The van der Waals surface area contributed by atoms with Crippen molar-refractivity contribution in [3.8, 4) is 10.6 Å². The predicted octanol–water partition coefficient (Wildman–Crippen LogP) is 8.74. The van der Waals surface area contributed by atoms with Crippen LogP contribution in [-0.4, -0.2) is 12.6 Å². The highest BCUT2D eigenvalue weighted by Crippen LogP contribution is 2.44. The van der Waals surface area contributed by atoms with Crippen molar-refractivity contribution < 1.29 is 14.3 Å². The van der Waals surface area contributed by atoms with Crippen molar-refractivity contribution >= 4 is 37.3 Å². The first-order valence-electron chi connectivity index (χ1n) is 13.0. The van der Waals surface area contributed by atoms with Crippen LogP contribution in [0.25, 0.3) is 25.8 Å². The summed E-state index contributed by atoms with van der Waals surface area (Å²) in [6.07, 6.45) is 3.81. The maximum Gasteiger partial charge on any atom is 0.345 e. The molecule has 0 amide bonds. The summed E-state index contributed by atoms with van der Waals surface area (Å²) in [6, 6.07) is 29.9. The first-order chi connectivity index (χ1) is 18.0. The highest BCUT2D eigenvalue weighted by molar-refractivity contribution is 7.43. The molecule has 0 radical (unpaired) electrons. The van der Waals surface area contributed by atoms with Gasteiger partial charge >= 0.3 is 5.97 Å². The van der Waals surface area contributed by atoms with Gasteiger partial charge < -0.3 is 9.47 Å². The number of carbonyl (C=O) groups is 1. The molecular formula is C33H31O3S+. The fraction of sp³-hybridized carbons (Fsp3) is 0.242. The molecule has 0 bridgehead atoms. The molecule has 0 N–H and O–H groups in total. The van der Waals surface area contributed by atoms with E-state index in [1.807, 2.05) is 12.1 Å². The van der Waals surface area contributed by atoms with Crippen LogP contribution in [0.1, 0.15) is 42.4 Å². The van der Waals surface area contributed by atoms with Crippen LogP contribution in [0.5, 0.6) is 5.75 Å². The topological polar surface area (TPSA) is 35.5 Å². The van der Waals surface area contributed by atoms with Crippen LogP contribution in [-0.2, 0) is 15.1 Å². The van der Waals surface area contributed by atoms with Gasteiger partial charge in [0.15, 0.2) is 16.2 Å². The largest absolute Gasteiger partial charge is 0.481 e. The average Bonchev–Trinajstić information content (AvgIpc) is 3.56. The van der Waals surface area contributed by atoms with Crippen molar-refractivity contribution in [2.45, 2.75) is 45.1 Å². The van der Waals surface area contributed by atoms with Crippen LogP contribution in [0.3, 0.4) is 0 Å². The average molecular weight is 508 g/mol. The van der Waals surface area contributed by atoms with Gasteiger partial charge in [0, 0.05) is 34.1 Å². The molecule has 1 aliphatic carbocycles. The molecule has 4 aromatic carbocycles. The van der Waals surface area contributed by atoms with Crippen molar-refractivity contribution in [2.75, 3.05) is 6.61 Å². The zero-order valence-electron chi connectivity index (χ0n) is 21.3. The van der Waals surface area contributed by atoms with Crippen molar-refractivity contribution in [1.82, 2.24) is 0 Å². The standard InChI is InChI=1S/C33H31O3S/c1-23-19-29(37-18-15-26-10-5-6-12-30(26)37)20-24(2)32(23)35-22-31(34)36-33(16-7-8-17-33)28-14-13-25-9-3-4-11-27(25)21-28/h3-6,9-15,18-21H,7-8,16-17,22H2,1-2H3/q+1. The van der Waals surface area contributed by atoms with E-state index < -0.39 is 5.60 Å². The van der Waals surface area contributed by atoms with Crippen molar-refractivity contribution in [3.63, 3.8) is 0 Å². The zero-order chi connectivity index (χ0) is 25.4. The lowest BCUT2D eigenvalue weighted by atomic mass is 9.90. The molecule has 1 aromatic heterocycles. The van der Waals surface area contributed by atoms with E-state index in [9.17, 15) is 4.79 Å². The molecule has 1 saturated carbocycles. The summed E-state index contributed by atoms with van der Waals surface area (Å²) in [5, 5.41) is 5.94. The van der Waals surface area contributed by atoms with Gasteiger partial charge in [-0.1, -0.05) is 48.5 Å². The molecule has 6 rings (SSSR count). The van der Waals surface area contributed by atoms with Crippen LogP contribution < -0.4 is 4.74 Å². The van der Waals surface area contributed by atoms with Crippen LogP contribution in [0.2, 0.25) is 0 Å². The van der Waals surface area contributed by atoms with Crippen LogP contribution in [0, 0.1) is 13.8 Å². The Labute approximate surface area is 220 Å². The third-order valence-corrected chi connectivity index (χ3v) is 9.56. The van der Waals surface area contributed by atoms with Gasteiger partial charge in [-0.15, -0.1) is 0 Å². The third kappa shape index (κ3) is 4.51. The number of hydrogen-bond acceptors (Lipinski definition) is 3. The first kappa shape index (κ1) is 23.7. The molecule has 1 heterocycles. The third-order valence-electron chi connectivity index (χ3n) is 7.56. The second kappa shape index (κ2) is 9.68. The highest BCUT2D eigenvalue weighted by atomic mass is 32.2. The molecule has 1 atom stereocenters. The van der Waals surface area contributed by atoms with Crippen molar-refractivity contribution in [3.05, 3.63) is 107 Å². The lowest BCUT2D eigenvalue weighted by molar-refractivity contribution is -0.163. The van der Waals surface area contributed by atoms with Crippen molar-refractivity contribution in [1.29, 1.82) is 0 Å². The smallest absolute Gasteiger partial charge is 0.345 e. The molecule has 1 unspecified atom stereocenters. The fourth-order valence-corrected chi connectivity index (χ4v) is 7.81. The summed E-state index contributed by atoms with van der Waals surface area (Å²) < 4.78 is 13.7. The molecule has 1 aliphatic rings. The molecular weight excluding hydrogens is 476 g/mol. The molecule has 186 valence electrons. The van der Waals surface area contributed by atoms with E-state index in [2.05, 4.69) is 92.0 Å². The van der Waals surface area contributed by atoms with Gasteiger partial charge in [-0.05, 0) is 85.2 Å². The van der Waals surface area contributed by atoms with Gasteiger partial charge in [0.05, 0.1) is 0 Å². The predicted molar refractivity (Wildman–Crippen MR) is 153 cm³/mol. The maximum absolute atomic E-state index is 13.1. The van der Waals surface area contributed by atoms with E-state index in [1.54, 1.807) is 0 Å². The summed E-state index contributed by atoms with van der Waals surface area (Å²) in [4.78, 5) is 14.4. The summed E-state index contributed by atoms with van der Waals surface area (Å²) in [5.41, 5.74) is 2.60. The highest BCUT2D eigenvalue weighted by Gasteiger charge is 2.39. The Morgan fingerprint density at radius 2 is 1.49 bits per heavy atom. The van der Waals surface area contributed by atoms with Gasteiger partial charge in [0.2, 0.25) is 0 Å². The number of rotatable bonds is 6. The number of esters is 1. The number of carbonyl (C=O) groups excluding carboxylic acids is 1. The molecule has 5 aromatic rings. The van der Waals surface area contributed by atoms with Gasteiger partial charge in [0.1, 0.15) is 16.7 Å². The molecule has 4 heteroatoms. The Balaban J connectivity index is 1.20. The second-order valence-electron chi connectivity index (χ2n) is 10.1. The number of hydrogen-bond donors (Lipinski definition) is 0. The Morgan fingerprint density at radius 3 is 2.24 bits per heavy atom. The lowest BCUT2D eigenvalue weighted by Crippen LogP contribution is -2.32. The number of ether oxygens (including phenoxy) is 2. The molecule has 37 heavy (non-hydrogen) atoms. The molecule has 0 spiro atoms. The molecule has 1 fully saturated rings. The maximum atomic E-state index is 13.1. The van der Waals surface area contributed by atoms with Crippen LogP contribution >= 0.6 is 10.5 Å². The minimum atomic E-state index is -0.568. The normalized spacial score (nSPS) is 15.2. The number of fused-ring (bicyclic) bond motifs is 2. The van der Waals surface area contributed by atoms with E-state index in [0.29, 0.717) is 0 Å². The Hall–Kier alpha value is -3.63. The minimum absolute atomic E-state index is 0.0754. The van der Waals surface area contributed by atoms with E-state index in [4.69, 9.17) is 9.47 Å². The summed E-state index contributed by atoms with van der Waals surface area (Å²) in [5.74, 6) is 0.458. The number of aryl methyl sites for hydroxylation is 2. The lowest BCUT2D eigenvalue weighted by Gasteiger charge is -2.30. The molecule has 3 nitrogen and oxygen atoms in total.